The Morgan fingerprint density at radius 2 is 1.96 bits per heavy atom. The topological polar surface area (TPSA) is 89.7 Å². The highest BCUT2D eigenvalue weighted by Gasteiger charge is 2.33. The van der Waals surface area contributed by atoms with Crippen molar-refractivity contribution in [2.75, 3.05) is 0 Å². The van der Waals surface area contributed by atoms with E-state index in [0.717, 1.165) is 11.3 Å². The average molecular weight is 321 g/mol. The molecule has 0 N–H and O–H groups in total. The highest BCUT2D eigenvalue weighted by Crippen LogP contribution is 2.33. The van der Waals surface area contributed by atoms with Crippen LogP contribution in [0.25, 0.3) is 11.6 Å². The van der Waals surface area contributed by atoms with Gasteiger partial charge in [-0.25, -0.2) is 19.9 Å². The predicted octanol–water partition coefficient (Wildman–Crippen LogP) is 1.38. The van der Waals surface area contributed by atoms with Crippen molar-refractivity contribution in [1.29, 1.82) is 0 Å². The molecule has 0 aromatic carbocycles. The Balaban J connectivity index is 1.65. The smallest absolute Gasteiger partial charge is 0.257 e. The van der Waals surface area contributed by atoms with Crippen LogP contribution in [0.4, 0.5) is 0 Å². The zero-order valence-electron chi connectivity index (χ0n) is 13.3. The lowest BCUT2D eigenvalue weighted by atomic mass is 10.1. The van der Waals surface area contributed by atoms with Crippen molar-refractivity contribution in [2.24, 2.45) is 7.05 Å². The first-order valence-corrected chi connectivity index (χ1v) is 7.56. The molecule has 1 aliphatic heterocycles. The molecule has 24 heavy (non-hydrogen) atoms. The lowest BCUT2D eigenvalue weighted by molar-refractivity contribution is 0.0704. The first-order chi connectivity index (χ1) is 11.6. The number of hydrogen-bond donors (Lipinski definition) is 0. The van der Waals surface area contributed by atoms with E-state index in [-0.39, 0.29) is 11.9 Å². The molecule has 0 saturated heterocycles. The van der Waals surface area contributed by atoms with Crippen LogP contribution in [0.15, 0.2) is 37.1 Å². The summed E-state index contributed by atoms with van der Waals surface area (Å²) in [6.45, 7) is 2.41. The Labute approximate surface area is 138 Å². The molecule has 3 aromatic rings. The molecule has 4 heterocycles. The van der Waals surface area contributed by atoms with Gasteiger partial charge >= 0.3 is 0 Å². The summed E-state index contributed by atoms with van der Waals surface area (Å²) < 4.78 is 1.62. The van der Waals surface area contributed by atoms with Crippen LogP contribution in [0.5, 0.6) is 0 Å². The Hall–Kier alpha value is -3.16. The highest BCUT2D eigenvalue weighted by atomic mass is 16.2. The number of aryl methyl sites for hydroxylation is 1. The Morgan fingerprint density at radius 3 is 2.67 bits per heavy atom. The molecule has 0 fully saturated rings. The van der Waals surface area contributed by atoms with Crippen LogP contribution >= 0.6 is 0 Å². The largest absolute Gasteiger partial charge is 0.326 e. The van der Waals surface area contributed by atoms with E-state index in [2.05, 4.69) is 25.0 Å². The first kappa shape index (κ1) is 14.4. The van der Waals surface area contributed by atoms with Crippen LogP contribution in [0.1, 0.15) is 34.6 Å². The Kier molecular flexibility index (Phi) is 3.30. The Morgan fingerprint density at radius 1 is 1.17 bits per heavy atom. The van der Waals surface area contributed by atoms with Crippen molar-refractivity contribution >= 4 is 5.91 Å². The van der Waals surface area contributed by atoms with Crippen molar-refractivity contribution in [3.05, 3.63) is 53.9 Å². The van der Waals surface area contributed by atoms with E-state index >= 15 is 0 Å². The minimum Gasteiger partial charge on any atom is -0.326 e. The molecule has 1 amide bonds. The number of amides is 1. The maximum Gasteiger partial charge on any atom is 0.257 e. The minimum absolute atomic E-state index is 0.0638. The van der Waals surface area contributed by atoms with Gasteiger partial charge in [0.05, 0.1) is 30.0 Å². The number of fused-ring (bicyclic) bond motifs is 1. The van der Waals surface area contributed by atoms with Gasteiger partial charge in [0.25, 0.3) is 5.91 Å². The summed E-state index contributed by atoms with van der Waals surface area (Å²) >= 11 is 0. The fourth-order valence-electron chi connectivity index (χ4n) is 2.84. The molecule has 8 heteroatoms. The molecule has 0 saturated carbocycles. The van der Waals surface area contributed by atoms with E-state index < -0.39 is 0 Å². The monoisotopic (exact) mass is 321 g/mol. The van der Waals surface area contributed by atoms with Crippen molar-refractivity contribution in [3.8, 4) is 11.6 Å². The van der Waals surface area contributed by atoms with E-state index in [4.69, 9.17) is 0 Å². The quantitative estimate of drug-likeness (QED) is 0.708. The van der Waals surface area contributed by atoms with Crippen LogP contribution in [0.3, 0.4) is 0 Å². The zero-order valence-corrected chi connectivity index (χ0v) is 13.3. The molecule has 0 spiro atoms. The summed E-state index contributed by atoms with van der Waals surface area (Å²) in [5.74, 6) is 0.883. The van der Waals surface area contributed by atoms with E-state index in [9.17, 15) is 4.79 Å². The van der Waals surface area contributed by atoms with Gasteiger partial charge in [-0.15, -0.1) is 0 Å². The molecule has 3 aromatic heterocycles. The predicted molar refractivity (Wildman–Crippen MR) is 84.6 cm³/mol. The molecule has 0 aliphatic carbocycles. The van der Waals surface area contributed by atoms with E-state index in [1.165, 1.54) is 0 Å². The lowest BCUT2D eigenvalue weighted by Crippen LogP contribution is -2.27. The van der Waals surface area contributed by atoms with E-state index in [1.807, 2.05) is 6.92 Å². The summed E-state index contributed by atoms with van der Waals surface area (Å²) in [5.41, 5.74) is 2.35. The second-order valence-corrected chi connectivity index (χ2v) is 5.68. The second kappa shape index (κ2) is 5.48. The molecular formula is C16H15N7O. The summed E-state index contributed by atoms with van der Waals surface area (Å²) in [5, 5.41) is 4.06. The summed E-state index contributed by atoms with van der Waals surface area (Å²) in [4.78, 5) is 31.7. The van der Waals surface area contributed by atoms with Crippen LogP contribution < -0.4 is 0 Å². The van der Waals surface area contributed by atoms with Gasteiger partial charge in [0, 0.05) is 37.4 Å². The number of carbonyl (C=O) groups is 1. The fourth-order valence-corrected chi connectivity index (χ4v) is 2.84. The molecule has 120 valence electrons. The zero-order chi connectivity index (χ0) is 16.7. The molecule has 0 bridgehead atoms. The summed E-state index contributed by atoms with van der Waals surface area (Å²) in [6, 6.07) is 1.66. The molecule has 1 unspecified atom stereocenters. The maximum atomic E-state index is 12.7. The van der Waals surface area contributed by atoms with Crippen LogP contribution in [-0.2, 0) is 13.6 Å². The highest BCUT2D eigenvalue weighted by molar-refractivity contribution is 5.94. The number of hydrogen-bond acceptors (Lipinski definition) is 6. The van der Waals surface area contributed by atoms with Gasteiger partial charge in [-0.2, -0.15) is 5.10 Å². The summed E-state index contributed by atoms with van der Waals surface area (Å²) in [7, 11) is 1.79. The van der Waals surface area contributed by atoms with E-state index in [1.54, 1.807) is 53.7 Å². The van der Waals surface area contributed by atoms with Gasteiger partial charge in [-0.3, -0.25) is 9.48 Å². The number of aromatic nitrogens is 6. The van der Waals surface area contributed by atoms with Crippen molar-refractivity contribution < 1.29 is 4.79 Å². The molecule has 0 radical (unpaired) electrons. The minimum atomic E-state index is -0.0848. The van der Waals surface area contributed by atoms with Gasteiger partial charge in [0.15, 0.2) is 11.6 Å². The lowest BCUT2D eigenvalue weighted by Gasteiger charge is -2.20. The SMILES string of the molecule is CC1c2cnc(-c3ncccn3)nc2CN1C(=O)c1cnn(C)c1. The third-order valence-electron chi connectivity index (χ3n) is 4.12. The van der Waals surface area contributed by atoms with Gasteiger partial charge in [0.1, 0.15) is 0 Å². The van der Waals surface area contributed by atoms with Crippen LogP contribution in [-0.4, -0.2) is 40.5 Å². The fraction of sp³-hybridized carbons (Fsp3) is 0.250. The number of carbonyl (C=O) groups excluding carboxylic acids is 1. The number of rotatable bonds is 2. The Bertz CT molecular complexity index is 906. The third kappa shape index (κ3) is 2.32. The van der Waals surface area contributed by atoms with Gasteiger partial charge < -0.3 is 4.90 Å². The second-order valence-electron chi connectivity index (χ2n) is 5.68. The van der Waals surface area contributed by atoms with Gasteiger partial charge in [-0.05, 0) is 13.0 Å². The molecular weight excluding hydrogens is 306 g/mol. The normalized spacial score (nSPS) is 16.2. The van der Waals surface area contributed by atoms with Crippen molar-refractivity contribution in [1.82, 2.24) is 34.6 Å². The number of nitrogens with zero attached hydrogens (tertiary/aromatic N) is 7. The average Bonchev–Trinajstić information content (AvgIpc) is 3.19. The van der Waals surface area contributed by atoms with Crippen molar-refractivity contribution in [3.63, 3.8) is 0 Å². The summed E-state index contributed by atoms with van der Waals surface area (Å²) in [6.07, 6.45) is 8.36. The molecule has 8 nitrogen and oxygen atoms in total. The molecule has 1 aliphatic rings. The molecule has 4 rings (SSSR count). The van der Waals surface area contributed by atoms with Crippen LogP contribution in [0, 0.1) is 0 Å². The third-order valence-corrected chi connectivity index (χ3v) is 4.12. The maximum absolute atomic E-state index is 12.7. The van der Waals surface area contributed by atoms with E-state index in [0.29, 0.717) is 23.8 Å². The molecule has 1 atom stereocenters. The first-order valence-electron chi connectivity index (χ1n) is 7.56. The van der Waals surface area contributed by atoms with Gasteiger partial charge in [0.2, 0.25) is 0 Å². The van der Waals surface area contributed by atoms with Crippen LogP contribution in [0.2, 0.25) is 0 Å². The van der Waals surface area contributed by atoms with Crippen molar-refractivity contribution in [2.45, 2.75) is 19.5 Å². The standard InChI is InChI=1S/C16H15N7O/c1-10-12-7-19-15(14-17-4-3-5-18-14)21-13(12)9-23(10)16(24)11-6-20-22(2)8-11/h3-8,10H,9H2,1-2H3. The van der Waals surface area contributed by atoms with Gasteiger partial charge in [-0.1, -0.05) is 0 Å².